The summed E-state index contributed by atoms with van der Waals surface area (Å²) in [5.74, 6) is 0.0520. The van der Waals surface area contributed by atoms with Gasteiger partial charge in [-0.1, -0.05) is 30.3 Å². The minimum Gasteiger partial charge on any atom is -0.398 e. The average molecular weight is 274 g/mol. The van der Waals surface area contributed by atoms with Crippen molar-refractivity contribution >= 4 is 22.9 Å². The van der Waals surface area contributed by atoms with E-state index in [2.05, 4.69) is 0 Å². The lowest BCUT2D eigenvalue weighted by molar-refractivity contribution is 0.0757. The molecule has 1 aromatic carbocycles. The third kappa shape index (κ3) is 3.15. The molecule has 0 fully saturated rings. The summed E-state index contributed by atoms with van der Waals surface area (Å²) in [6.45, 7) is 5.24. The molecule has 0 aliphatic heterocycles. The number of carbonyl (C=O) groups excluding carboxylic acids is 1. The van der Waals surface area contributed by atoms with E-state index in [4.69, 9.17) is 5.73 Å². The molecule has 1 aromatic heterocycles. The van der Waals surface area contributed by atoms with Crippen LogP contribution in [0.5, 0.6) is 0 Å². The molecule has 2 aromatic rings. The number of hydrogen-bond acceptors (Lipinski definition) is 3. The summed E-state index contributed by atoms with van der Waals surface area (Å²) in [6.07, 6.45) is 0. The highest BCUT2D eigenvalue weighted by Gasteiger charge is 2.17. The van der Waals surface area contributed by atoms with Gasteiger partial charge in [-0.15, -0.1) is 11.3 Å². The third-order valence-corrected chi connectivity index (χ3v) is 4.11. The first-order valence-electron chi connectivity index (χ1n) is 6.31. The monoisotopic (exact) mass is 274 g/mol. The van der Waals surface area contributed by atoms with E-state index < -0.39 is 0 Å². The van der Waals surface area contributed by atoms with Gasteiger partial charge >= 0.3 is 0 Å². The van der Waals surface area contributed by atoms with Gasteiger partial charge in [0.25, 0.3) is 5.91 Å². The van der Waals surface area contributed by atoms with E-state index in [1.807, 2.05) is 49.1 Å². The third-order valence-electron chi connectivity index (χ3n) is 3.05. The molecule has 4 heteroatoms. The Labute approximate surface area is 117 Å². The van der Waals surface area contributed by atoms with Crippen LogP contribution in [0.3, 0.4) is 0 Å². The van der Waals surface area contributed by atoms with Crippen LogP contribution in [-0.2, 0) is 6.54 Å². The second-order valence-corrected chi connectivity index (χ2v) is 5.68. The fraction of sp³-hybridized carbons (Fsp3) is 0.267. The maximum absolute atomic E-state index is 12.4. The molecule has 0 bridgehead atoms. The molecular weight excluding hydrogens is 256 g/mol. The Bertz CT molecular complexity index is 543. The smallest absolute Gasteiger partial charge is 0.264 e. The van der Waals surface area contributed by atoms with Gasteiger partial charge in [0.2, 0.25) is 0 Å². The molecule has 3 nitrogen and oxygen atoms in total. The minimum absolute atomic E-state index is 0.0520. The quantitative estimate of drug-likeness (QED) is 0.929. The molecule has 0 radical (unpaired) electrons. The van der Waals surface area contributed by atoms with Crippen LogP contribution in [0.2, 0.25) is 0 Å². The lowest BCUT2D eigenvalue weighted by Crippen LogP contribution is -2.29. The Balaban J connectivity index is 2.15. The molecular formula is C15H18N2OS. The zero-order chi connectivity index (χ0) is 13.8. The van der Waals surface area contributed by atoms with Crippen molar-refractivity contribution in [3.63, 3.8) is 0 Å². The highest BCUT2D eigenvalue weighted by atomic mass is 32.1. The van der Waals surface area contributed by atoms with Crippen molar-refractivity contribution in [2.45, 2.75) is 20.4 Å². The van der Waals surface area contributed by atoms with Crippen molar-refractivity contribution in [1.82, 2.24) is 4.90 Å². The van der Waals surface area contributed by atoms with Crippen molar-refractivity contribution in [1.29, 1.82) is 0 Å². The summed E-state index contributed by atoms with van der Waals surface area (Å²) in [5, 5.41) is 0. The molecule has 0 aliphatic carbocycles. The van der Waals surface area contributed by atoms with Crippen LogP contribution in [0, 0.1) is 6.92 Å². The topological polar surface area (TPSA) is 46.3 Å². The second-order valence-electron chi connectivity index (χ2n) is 4.43. The maximum Gasteiger partial charge on any atom is 0.264 e. The first-order chi connectivity index (χ1) is 9.11. The van der Waals surface area contributed by atoms with Crippen molar-refractivity contribution in [3.05, 3.63) is 51.7 Å². The zero-order valence-electron chi connectivity index (χ0n) is 11.2. The molecule has 0 saturated carbocycles. The summed E-state index contributed by atoms with van der Waals surface area (Å²) in [4.78, 5) is 16.0. The van der Waals surface area contributed by atoms with Gasteiger partial charge in [-0.3, -0.25) is 4.79 Å². The van der Waals surface area contributed by atoms with Gasteiger partial charge in [-0.2, -0.15) is 0 Å². The summed E-state index contributed by atoms with van der Waals surface area (Å²) in [7, 11) is 0. The fourth-order valence-electron chi connectivity index (χ4n) is 1.89. The Hall–Kier alpha value is -1.81. The van der Waals surface area contributed by atoms with Crippen LogP contribution in [0.4, 0.5) is 5.69 Å². The first-order valence-corrected chi connectivity index (χ1v) is 7.12. The number of aryl methyl sites for hydroxylation is 1. The van der Waals surface area contributed by atoms with Crippen molar-refractivity contribution in [2.24, 2.45) is 0 Å². The average Bonchev–Trinajstić information content (AvgIpc) is 2.76. The Kier molecular flexibility index (Phi) is 4.22. The number of amides is 1. The Morgan fingerprint density at radius 2 is 2.00 bits per heavy atom. The number of nitrogens with zero attached hydrogens (tertiary/aromatic N) is 1. The number of hydrogen-bond donors (Lipinski definition) is 1. The number of thiophene rings is 1. The maximum atomic E-state index is 12.4. The predicted octanol–water partition coefficient (Wildman–Crippen LogP) is 3.30. The number of benzene rings is 1. The van der Waals surface area contributed by atoms with E-state index in [0.29, 0.717) is 23.7 Å². The van der Waals surface area contributed by atoms with E-state index >= 15 is 0 Å². The highest BCUT2D eigenvalue weighted by molar-refractivity contribution is 7.14. The molecule has 1 amide bonds. The lowest BCUT2D eigenvalue weighted by Gasteiger charge is -2.20. The van der Waals surface area contributed by atoms with Gasteiger partial charge in [0.15, 0.2) is 0 Å². The molecule has 0 unspecified atom stereocenters. The van der Waals surface area contributed by atoms with Gasteiger partial charge in [0, 0.05) is 23.7 Å². The van der Waals surface area contributed by atoms with Gasteiger partial charge in [-0.25, -0.2) is 0 Å². The van der Waals surface area contributed by atoms with Crippen LogP contribution in [0.25, 0.3) is 0 Å². The van der Waals surface area contributed by atoms with Crippen LogP contribution in [0.15, 0.2) is 36.4 Å². The lowest BCUT2D eigenvalue weighted by atomic mass is 10.2. The standard InChI is InChI=1S/C15H18N2OS/c1-3-17(10-12-7-5-4-6-8-12)15(18)14-9-13(16)11(2)19-14/h4-9H,3,10,16H2,1-2H3. The Morgan fingerprint density at radius 1 is 1.32 bits per heavy atom. The number of nitrogen functional groups attached to an aromatic ring is 1. The zero-order valence-corrected chi connectivity index (χ0v) is 12.0. The highest BCUT2D eigenvalue weighted by Crippen LogP contribution is 2.25. The van der Waals surface area contributed by atoms with E-state index in [9.17, 15) is 4.79 Å². The van der Waals surface area contributed by atoms with Crippen molar-refractivity contribution in [2.75, 3.05) is 12.3 Å². The normalized spacial score (nSPS) is 10.4. The summed E-state index contributed by atoms with van der Waals surface area (Å²) in [6, 6.07) is 11.8. The summed E-state index contributed by atoms with van der Waals surface area (Å²) in [5.41, 5.74) is 7.65. The number of rotatable bonds is 4. The van der Waals surface area contributed by atoms with Gasteiger partial charge in [0.05, 0.1) is 4.88 Å². The first kappa shape index (κ1) is 13.6. The van der Waals surface area contributed by atoms with Crippen LogP contribution in [-0.4, -0.2) is 17.4 Å². The molecule has 2 N–H and O–H groups in total. The molecule has 0 atom stereocenters. The molecule has 0 saturated heterocycles. The van der Waals surface area contributed by atoms with Crippen LogP contribution >= 0.6 is 11.3 Å². The molecule has 19 heavy (non-hydrogen) atoms. The van der Waals surface area contributed by atoms with Crippen molar-refractivity contribution < 1.29 is 4.79 Å². The van der Waals surface area contributed by atoms with E-state index in [1.54, 1.807) is 6.07 Å². The number of carbonyl (C=O) groups is 1. The van der Waals surface area contributed by atoms with Gasteiger partial charge in [0.1, 0.15) is 0 Å². The SMILES string of the molecule is CCN(Cc1ccccc1)C(=O)c1cc(N)c(C)s1. The largest absolute Gasteiger partial charge is 0.398 e. The fourth-order valence-corrected chi connectivity index (χ4v) is 2.80. The molecule has 100 valence electrons. The van der Waals surface area contributed by atoms with E-state index in [-0.39, 0.29) is 5.91 Å². The van der Waals surface area contributed by atoms with Crippen LogP contribution < -0.4 is 5.73 Å². The molecule has 0 aliphatic rings. The Morgan fingerprint density at radius 3 is 2.53 bits per heavy atom. The second kappa shape index (κ2) is 5.89. The molecule has 0 spiro atoms. The number of nitrogens with two attached hydrogens (primary N) is 1. The van der Waals surface area contributed by atoms with E-state index in [0.717, 1.165) is 10.4 Å². The van der Waals surface area contributed by atoms with Gasteiger partial charge < -0.3 is 10.6 Å². The van der Waals surface area contributed by atoms with Crippen molar-refractivity contribution in [3.8, 4) is 0 Å². The molecule has 1 heterocycles. The summed E-state index contributed by atoms with van der Waals surface area (Å²) < 4.78 is 0. The molecule has 2 rings (SSSR count). The van der Waals surface area contributed by atoms with Crippen LogP contribution in [0.1, 0.15) is 27.0 Å². The van der Waals surface area contributed by atoms with E-state index in [1.165, 1.54) is 11.3 Å². The minimum atomic E-state index is 0.0520. The summed E-state index contributed by atoms with van der Waals surface area (Å²) >= 11 is 1.46. The predicted molar refractivity (Wildman–Crippen MR) is 80.3 cm³/mol. The van der Waals surface area contributed by atoms with Gasteiger partial charge in [-0.05, 0) is 25.5 Å². The number of anilines is 1.